The van der Waals surface area contributed by atoms with Gasteiger partial charge in [0.2, 0.25) is 0 Å². The van der Waals surface area contributed by atoms with Crippen molar-refractivity contribution in [3.63, 3.8) is 0 Å². The molecule has 0 amide bonds. The van der Waals surface area contributed by atoms with E-state index in [2.05, 4.69) is 38.1 Å². The normalized spacial score (nSPS) is 26.8. The van der Waals surface area contributed by atoms with Crippen LogP contribution in [0.1, 0.15) is 134 Å². The Kier molecular flexibility index (Phi) is 11.5. The highest BCUT2D eigenvalue weighted by Gasteiger charge is 2.23. The molecule has 1 aromatic carbocycles. The summed E-state index contributed by atoms with van der Waals surface area (Å²) in [5.41, 5.74) is 3.09. The van der Waals surface area contributed by atoms with Crippen LogP contribution >= 0.6 is 0 Å². The molecule has 0 unspecified atom stereocenters. The minimum Gasteiger partial charge on any atom is -0.378 e. The molecule has 1 aromatic rings. The number of hydrogen-bond acceptors (Lipinski definition) is 1. The summed E-state index contributed by atoms with van der Waals surface area (Å²) >= 11 is 0. The maximum absolute atomic E-state index is 6.29. The van der Waals surface area contributed by atoms with Gasteiger partial charge in [0.05, 0.1) is 6.10 Å². The van der Waals surface area contributed by atoms with Gasteiger partial charge in [0.15, 0.2) is 0 Å². The molecule has 2 saturated carbocycles. The van der Waals surface area contributed by atoms with Gasteiger partial charge in [-0.05, 0) is 80.2 Å². The van der Waals surface area contributed by atoms with E-state index >= 15 is 0 Å². The summed E-state index contributed by atoms with van der Waals surface area (Å²) in [5.74, 6) is 2.77. The standard InChI is InChI=1S/C30H50O/c1-3-5-6-7-8-10-26-16-18-28(19-17-26)29-20-22-30(23-21-29)31-24-9-11-27-14-12-25(4-2)13-15-27/h16-19,25,27,29-30H,3-15,20-24H2,1-2H3. The minimum absolute atomic E-state index is 0.523. The van der Waals surface area contributed by atoms with Crippen molar-refractivity contribution in [2.45, 2.75) is 135 Å². The molecule has 31 heavy (non-hydrogen) atoms. The highest BCUT2D eigenvalue weighted by atomic mass is 16.5. The molecular formula is C30H50O. The van der Waals surface area contributed by atoms with Crippen LogP contribution in [0.15, 0.2) is 24.3 Å². The lowest BCUT2D eigenvalue weighted by Crippen LogP contribution is -2.21. The molecule has 0 N–H and O–H groups in total. The van der Waals surface area contributed by atoms with E-state index in [0.717, 1.165) is 24.4 Å². The Morgan fingerprint density at radius 3 is 2.06 bits per heavy atom. The van der Waals surface area contributed by atoms with E-state index in [1.807, 2.05) is 0 Å². The van der Waals surface area contributed by atoms with Crippen LogP contribution in [-0.2, 0) is 11.2 Å². The lowest BCUT2D eigenvalue weighted by molar-refractivity contribution is 0.0205. The largest absolute Gasteiger partial charge is 0.378 e. The van der Waals surface area contributed by atoms with Crippen molar-refractivity contribution >= 4 is 0 Å². The second-order valence-corrected chi connectivity index (χ2v) is 10.7. The Morgan fingerprint density at radius 1 is 0.710 bits per heavy atom. The van der Waals surface area contributed by atoms with Crippen LogP contribution in [0.5, 0.6) is 0 Å². The maximum Gasteiger partial charge on any atom is 0.0575 e. The summed E-state index contributed by atoms with van der Waals surface area (Å²) in [7, 11) is 0. The van der Waals surface area contributed by atoms with E-state index in [4.69, 9.17) is 4.74 Å². The Hall–Kier alpha value is -0.820. The van der Waals surface area contributed by atoms with Gasteiger partial charge in [0, 0.05) is 6.61 Å². The average Bonchev–Trinajstić information content (AvgIpc) is 2.83. The Morgan fingerprint density at radius 2 is 1.39 bits per heavy atom. The van der Waals surface area contributed by atoms with Gasteiger partial charge in [-0.25, -0.2) is 0 Å². The zero-order chi connectivity index (χ0) is 21.7. The lowest BCUT2D eigenvalue weighted by atomic mass is 9.79. The van der Waals surface area contributed by atoms with Gasteiger partial charge in [-0.15, -0.1) is 0 Å². The number of unbranched alkanes of at least 4 members (excludes halogenated alkanes) is 4. The molecule has 0 aliphatic heterocycles. The molecule has 0 atom stereocenters. The number of aryl methyl sites for hydroxylation is 1. The summed E-state index contributed by atoms with van der Waals surface area (Å²) in [5, 5.41) is 0. The maximum atomic E-state index is 6.29. The topological polar surface area (TPSA) is 9.23 Å². The molecule has 1 heteroatoms. The first kappa shape index (κ1) is 24.8. The van der Waals surface area contributed by atoms with E-state index in [9.17, 15) is 0 Å². The third-order valence-electron chi connectivity index (χ3n) is 8.35. The van der Waals surface area contributed by atoms with Crippen molar-refractivity contribution in [1.82, 2.24) is 0 Å². The first-order valence-corrected chi connectivity index (χ1v) is 14.0. The van der Waals surface area contributed by atoms with Crippen molar-refractivity contribution in [1.29, 1.82) is 0 Å². The molecule has 2 aliphatic carbocycles. The van der Waals surface area contributed by atoms with Crippen molar-refractivity contribution < 1.29 is 4.74 Å². The van der Waals surface area contributed by atoms with Crippen LogP contribution in [-0.4, -0.2) is 12.7 Å². The fourth-order valence-electron chi connectivity index (χ4n) is 6.00. The highest BCUT2D eigenvalue weighted by Crippen LogP contribution is 2.35. The molecular weight excluding hydrogens is 376 g/mol. The molecule has 1 nitrogen and oxygen atoms in total. The first-order valence-electron chi connectivity index (χ1n) is 14.0. The number of ether oxygens (including phenoxy) is 1. The molecule has 0 bridgehead atoms. The molecule has 3 rings (SSSR count). The Bertz CT molecular complexity index is 561. The van der Waals surface area contributed by atoms with Gasteiger partial charge in [-0.1, -0.05) is 95.9 Å². The predicted molar refractivity (Wildman–Crippen MR) is 135 cm³/mol. The van der Waals surface area contributed by atoms with Crippen LogP contribution < -0.4 is 0 Å². The zero-order valence-corrected chi connectivity index (χ0v) is 20.8. The van der Waals surface area contributed by atoms with E-state index in [-0.39, 0.29) is 0 Å². The van der Waals surface area contributed by atoms with Crippen LogP contribution in [0.3, 0.4) is 0 Å². The smallest absolute Gasteiger partial charge is 0.0575 e. The van der Waals surface area contributed by atoms with Crippen LogP contribution in [0.25, 0.3) is 0 Å². The summed E-state index contributed by atoms with van der Waals surface area (Å²) < 4.78 is 6.29. The third kappa shape index (κ3) is 8.91. The van der Waals surface area contributed by atoms with Crippen molar-refractivity contribution in [3.05, 3.63) is 35.4 Å². The van der Waals surface area contributed by atoms with Crippen LogP contribution in [0.4, 0.5) is 0 Å². The minimum atomic E-state index is 0.523. The van der Waals surface area contributed by atoms with E-state index in [0.29, 0.717) is 6.10 Å². The average molecular weight is 427 g/mol. The van der Waals surface area contributed by atoms with E-state index in [1.165, 1.54) is 115 Å². The summed E-state index contributed by atoms with van der Waals surface area (Å²) in [6, 6.07) is 9.62. The fraction of sp³-hybridized carbons (Fsp3) is 0.800. The second kappa shape index (κ2) is 14.4. The molecule has 2 aliphatic rings. The van der Waals surface area contributed by atoms with Gasteiger partial charge in [0.25, 0.3) is 0 Å². The van der Waals surface area contributed by atoms with Crippen molar-refractivity contribution in [3.8, 4) is 0 Å². The highest BCUT2D eigenvalue weighted by molar-refractivity contribution is 5.26. The summed E-state index contributed by atoms with van der Waals surface area (Å²) in [4.78, 5) is 0. The number of hydrogen-bond donors (Lipinski definition) is 0. The van der Waals surface area contributed by atoms with E-state index in [1.54, 1.807) is 5.56 Å². The van der Waals surface area contributed by atoms with Crippen LogP contribution in [0, 0.1) is 11.8 Å². The third-order valence-corrected chi connectivity index (χ3v) is 8.35. The van der Waals surface area contributed by atoms with Crippen molar-refractivity contribution in [2.75, 3.05) is 6.61 Å². The number of benzene rings is 1. The molecule has 0 spiro atoms. The van der Waals surface area contributed by atoms with Gasteiger partial charge in [-0.3, -0.25) is 0 Å². The molecule has 0 aromatic heterocycles. The zero-order valence-electron chi connectivity index (χ0n) is 20.8. The Labute approximate surface area is 193 Å². The Balaban J connectivity index is 1.25. The summed E-state index contributed by atoms with van der Waals surface area (Å²) in [6.07, 6.45) is 23.7. The first-order chi connectivity index (χ1) is 15.3. The van der Waals surface area contributed by atoms with Gasteiger partial charge < -0.3 is 4.74 Å². The lowest BCUT2D eigenvalue weighted by Gasteiger charge is -2.30. The second-order valence-electron chi connectivity index (χ2n) is 10.7. The number of rotatable bonds is 13. The summed E-state index contributed by atoms with van der Waals surface area (Å²) in [6.45, 7) is 5.65. The van der Waals surface area contributed by atoms with Crippen LogP contribution in [0.2, 0.25) is 0 Å². The molecule has 0 radical (unpaired) electrons. The quantitative estimate of drug-likeness (QED) is 0.285. The fourth-order valence-corrected chi connectivity index (χ4v) is 6.00. The monoisotopic (exact) mass is 426 g/mol. The molecule has 0 heterocycles. The van der Waals surface area contributed by atoms with Gasteiger partial charge in [0.1, 0.15) is 0 Å². The SMILES string of the molecule is CCCCCCCc1ccc(C2CCC(OCCCC3CCC(CC)CC3)CC2)cc1. The molecule has 0 saturated heterocycles. The molecule has 2 fully saturated rings. The predicted octanol–water partition coefficient (Wildman–Crippen LogP) is 9.24. The van der Waals surface area contributed by atoms with Gasteiger partial charge in [-0.2, -0.15) is 0 Å². The van der Waals surface area contributed by atoms with Crippen molar-refractivity contribution in [2.24, 2.45) is 11.8 Å². The van der Waals surface area contributed by atoms with Gasteiger partial charge >= 0.3 is 0 Å². The molecule has 176 valence electrons. The van der Waals surface area contributed by atoms with E-state index < -0.39 is 0 Å².